The van der Waals surface area contributed by atoms with Crippen LogP contribution in [-0.2, 0) is 0 Å². The number of aromatic nitrogens is 1. The van der Waals surface area contributed by atoms with Crippen molar-refractivity contribution < 1.29 is 0 Å². The molecule has 0 radical (unpaired) electrons. The Morgan fingerprint density at radius 3 is 1.26 bits per heavy atom. The number of hydrogen-bond acceptors (Lipinski definition) is 0. The minimum atomic E-state index is 1.17. The molecule has 1 aromatic heterocycles. The molecular formula is C38H25N. The summed E-state index contributed by atoms with van der Waals surface area (Å²) in [7, 11) is 0. The van der Waals surface area contributed by atoms with E-state index in [0.717, 1.165) is 0 Å². The molecule has 0 aliphatic carbocycles. The minimum absolute atomic E-state index is 1.17. The van der Waals surface area contributed by atoms with E-state index in [4.69, 9.17) is 0 Å². The van der Waals surface area contributed by atoms with Gasteiger partial charge in [0.1, 0.15) is 0 Å². The fourth-order valence-corrected chi connectivity index (χ4v) is 6.36. The Morgan fingerprint density at radius 2 is 0.718 bits per heavy atom. The van der Waals surface area contributed by atoms with Crippen LogP contribution in [0.4, 0.5) is 0 Å². The summed E-state index contributed by atoms with van der Waals surface area (Å²) in [6, 6.07) is 54.9. The fourth-order valence-electron chi connectivity index (χ4n) is 6.36. The van der Waals surface area contributed by atoms with Crippen molar-refractivity contribution >= 4 is 43.4 Å². The van der Waals surface area contributed by atoms with Crippen LogP contribution in [0.1, 0.15) is 0 Å². The Kier molecular flexibility index (Phi) is 4.89. The summed E-state index contributed by atoms with van der Waals surface area (Å²) in [5.74, 6) is 0. The van der Waals surface area contributed by atoms with Gasteiger partial charge in [-0.3, -0.25) is 0 Å². The first-order chi connectivity index (χ1) is 19.4. The molecule has 182 valence electrons. The van der Waals surface area contributed by atoms with Crippen molar-refractivity contribution in [2.24, 2.45) is 0 Å². The standard InChI is InChI=1S/C38H25N/c1-2-13-26(14-3-1)37-31-19-4-6-21-33(31)38(34-22-7-5-20-32(34)37)27-15-12-16-28(25-27)39-35-23-10-8-17-29(35)30-18-9-11-24-36(30)39/h1-25H. The summed E-state index contributed by atoms with van der Waals surface area (Å²) < 4.78 is 2.40. The third kappa shape index (κ3) is 3.34. The van der Waals surface area contributed by atoms with Gasteiger partial charge in [-0.25, -0.2) is 0 Å². The molecule has 0 amide bonds. The number of hydrogen-bond donors (Lipinski definition) is 0. The largest absolute Gasteiger partial charge is 0.309 e. The van der Waals surface area contributed by atoms with Crippen molar-refractivity contribution in [1.82, 2.24) is 4.57 Å². The van der Waals surface area contributed by atoms with Crippen LogP contribution in [-0.4, -0.2) is 4.57 Å². The van der Waals surface area contributed by atoms with Gasteiger partial charge < -0.3 is 4.57 Å². The van der Waals surface area contributed by atoms with Gasteiger partial charge in [-0.15, -0.1) is 0 Å². The molecule has 1 nitrogen and oxygen atoms in total. The summed E-state index contributed by atoms with van der Waals surface area (Å²) >= 11 is 0. The van der Waals surface area contributed by atoms with Crippen LogP contribution in [0.15, 0.2) is 152 Å². The van der Waals surface area contributed by atoms with Gasteiger partial charge in [0.25, 0.3) is 0 Å². The van der Waals surface area contributed by atoms with Crippen molar-refractivity contribution in [2.45, 2.75) is 0 Å². The van der Waals surface area contributed by atoms with Gasteiger partial charge in [0.05, 0.1) is 11.0 Å². The van der Waals surface area contributed by atoms with Crippen LogP contribution in [0.5, 0.6) is 0 Å². The molecular weight excluding hydrogens is 470 g/mol. The number of fused-ring (bicyclic) bond motifs is 5. The summed E-state index contributed by atoms with van der Waals surface area (Å²) in [6.45, 7) is 0. The molecule has 0 atom stereocenters. The Morgan fingerprint density at radius 1 is 0.308 bits per heavy atom. The lowest BCUT2D eigenvalue weighted by atomic mass is 9.86. The molecule has 1 heteroatoms. The Balaban J connectivity index is 1.45. The third-order valence-electron chi connectivity index (χ3n) is 7.97. The summed E-state index contributed by atoms with van der Waals surface area (Å²) in [5, 5.41) is 7.66. The van der Waals surface area contributed by atoms with E-state index in [9.17, 15) is 0 Å². The van der Waals surface area contributed by atoms with Crippen molar-refractivity contribution in [2.75, 3.05) is 0 Å². The maximum Gasteiger partial charge on any atom is 0.0541 e. The van der Waals surface area contributed by atoms with Crippen molar-refractivity contribution in [3.8, 4) is 27.9 Å². The summed E-state index contributed by atoms with van der Waals surface area (Å²) in [6.07, 6.45) is 0. The lowest BCUT2D eigenvalue weighted by molar-refractivity contribution is 1.18. The lowest BCUT2D eigenvalue weighted by Gasteiger charge is -2.18. The van der Waals surface area contributed by atoms with E-state index in [-0.39, 0.29) is 0 Å². The zero-order chi connectivity index (χ0) is 25.8. The van der Waals surface area contributed by atoms with E-state index in [2.05, 4.69) is 156 Å². The predicted molar refractivity (Wildman–Crippen MR) is 167 cm³/mol. The third-order valence-corrected chi connectivity index (χ3v) is 7.97. The molecule has 0 unspecified atom stereocenters. The Bertz CT molecular complexity index is 2060. The quantitative estimate of drug-likeness (QED) is 0.215. The second-order valence-electron chi connectivity index (χ2n) is 10.1. The van der Waals surface area contributed by atoms with Crippen molar-refractivity contribution in [3.63, 3.8) is 0 Å². The molecule has 8 rings (SSSR count). The molecule has 0 bridgehead atoms. The van der Waals surface area contributed by atoms with Crippen LogP contribution in [0.3, 0.4) is 0 Å². The Hall–Kier alpha value is -5.14. The first-order valence-electron chi connectivity index (χ1n) is 13.5. The highest BCUT2D eigenvalue weighted by molar-refractivity contribution is 6.21. The van der Waals surface area contributed by atoms with Crippen LogP contribution in [0, 0.1) is 0 Å². The summed E-state index contributed by atoms with van der Waals surface area (Å²) in [4.78, 5) is 0. The molecule has 0 fully saturated rings. The van der Waals surface area contributed by atoms with E-state index in [1.807, 2.05) is 0 Å². The lowest BCUT2D eigenvalue weighted by Crippen LogP contribution is -1.95. The first kappa shape index (κ1) is 21.9. The highest BCUT2D eigenvalue weighted by atomic mass is 15.0. The average Bonchev–Trinajstić information content (AvgIpc) is 3.35. The predicted octanol–water partition coefficient (Wildman–Crippen LogP) is 10.4. The topological polar surface area (TPSA) is 4.93 Å². The van der Waals surface area contributed by atoms with E-state index < -0.39 is 0 Å². The van der Waals surface area contributed by atoms with Gasteiger partial charge in [0.15, 0.2) is 0 Å². The second-order valence-corrected chi connectivity index (χ2v) is 10.1. The molecule has 0 N–H and O–H groups in total. The van der Waals surface area contributed by atoms with Crippen LogP contribution >= 0.6 is 0 Å². The van der Waals surface area contributed by atoms with E-state index >= 15 is 0 Å². The minimum Gasteiger partial charge on any atom is -0.309 e. The van der Waals surface area contributed by atoms with Crippen LogP contribution < -0.4 is 0 Å². The molecule has 0 aliphatic rings. The highest BCUT2D eigenvalue weighted by Crippen LogP contribution is 2.44. The van der Waals surface area contributed by atoms with Crippen LogP contribution in [0.25, 0.3) is 71.3 Å². The average molecular weight is 496 g/mol. The number of para-hydroxylation sites is 2. The van der Waals surface area contributed by atoms with E-state index in [1.54, 1.807) is 0 Å². The monoisotopic (exact) mass is 495 g/mol. The van der Waals surface area contributed by atoms with Crippen LogP contribution in [0.2, 0.25) is 0 Å². The van der Waals surface area contributed by atoms with Crippen molar-refractivity contribution in [1.29, 1.82) is 0 Å². The maximum absolute atomic E-state index is 2.40. The van der Waals surface area contributed by atoms with E-state index in [1.165, 1.54) is 71.3 Å². The normalized spacial score (nSPS) is 11.6. The van der Waals surface area contributed by atoms with Gasteiger partial charge in [0.2, 0.25) is 0 Å². The molecule has 7 aromatic carbocycles. The number of benzene rings is 7. The van der Waals surface area contributed by atoms with Gasteiger partial charge in [-0.1, -0.05) is 127 Å². The number of nitrogens with zero attached hydrogens (tertiary/aromatic N) is 1. The maximum atomic E-state index is 2.40. The molecule has 1 heterocycles. The molecule has 0 saturated carbocycles. The SMILES string of the molecule is c1ccc(-c2c3ccccc3c(-c3cccc(-n4c5ccccc5c5ccccc54)c3)c3ccccc23)cc1. The van der Waals surface area contributed by atoms with E-state index in [0.29, 0.717) is 0 Å². The molecule has 8 aromatic rings. The number of rotatable bonds is 3. The first-order valence-corrected chi connectivity index (χ1v) is 13.5. The highest BCUT2D eigenvalue weighted by Gasteiger charge is 2.17. The summed E-state index contributed by atoms with van der Waals surface area (Å²) in [5.41, 5.74) is 8.67. The van der Waals surface area contributed by atoms with Gasteiger partial charge in [-0.05, 0) is 68.1 Å². The molecule has 39 heavy (non-hydrogen) atoms. The zero-order valence-electron chi connectivity index (χ0n) is 21.4. The van der Waals surface area contributed by atoms with Crippen molar-refractivity contribution in [3.05, 3.63) is 152 Å². The Labute approximate surface area is 227 Å². The van der Waals surface area contributed by atoms with Gasteiger partial charge >= 0.3 is 0 Å². The second kappa shape index (κ2) is 8.72. The molecule has 0 saturated heterocycles. The van der Waals surface area contributed by atoms with Gasteiger partial charge in [0, 0.05) is 16.5 Å². The smallest absolute Gasteiger partial charge is 0.0541 e. The van der Waals surface area contributed by atoms with Gasteiger partial charge in [-0.2, -0.15) is 0 Å². The fraction of sp³-hybridized carbons (Fsp3) is 0. The molecule has 0 aliphatic heterocycles. The molecule has 0 spiro atoms. The zero-order valence-corrected chi connectivity index (χ0v) is 21.4.